The van der Waals surface area contributed by atoms with E-state index in [4.69, 9.17) is 5.73 Å². The normalized spacial score (nSPS) is 21.2. The zero-order valence-corrected chi connectivity index (χ0v) is 10.8. The van der Waals surface area contributed by atoms with Crippen LogP contribution in [0.2, 0.25) is 0 Å². The highest BCUT2D eigenvalue weighted by Crippen LogP contribution is 2.37. The van der Waals surface area contributed by atoms with Gasteiger partial charge in [0.2, 0.25) is 0 Å². The Bertz CT molecular complexity index is 392. The predicted molar refractivity (Wildman–Crippen MR) is 69.3 cm³/mol. The number of benzene rings is 1. The van der Waals surface area contributed by atoms with E-state index in [0.717, 1.165) is 5.56 Å². The lowest BCUT2D eigenvalue weighted by Crippen LogP contribution is -2.42. The number of nitrogens with two attached hydrogens (primary N) is 1. The van der Waals surface area contributed by atoms with Crippen LogP contribution in [-0.4, -0.2) is 0 Å². The van der Waals surface area contributed by atoms with Gasteiger partial charge in [-0.05, 0) is 49.8 Å². The first-order valence-corrected chi connectivity index (χ1v) is 6.57. The van der Waals surface area contributed by atoms with Gasteiger partial charge in [-0.3, -0.25) is 0 Å². The van der Waals surface area contributed by atoms with Crippen LogP contribution in [0.15, 0.2) is 18.2 Å². The second-order valence-corrected chi connectivity index (χ2v) is 5.58. The Morgan fingerprint density at radius 3 is 2.47 bits per heavy atom. The van der Waals surface area contributed by atoms with E-state index in [0.29, 0.717) is 11.5 Å². The van der Waals surface area contributed by atoms with Crippen molar-refractivity contribution in [2.24, 2.45) is 11.7 Å². The molecule has 1 aromatic carbocycles. The lowest BCUT2D eigenvalue weighted by atomic mass is 9.72. The summed E-state index contributed by atoms with van der Waals surface area (Å²) in [5.74, 6) is 0.341. The summed E-state index contributed by atoms with van der Waals surface area (Å²) in [6, 6.07) is 5.43. The average Bonchev–Trinajstić information content (AvgIpc) is 2.33. The molecule has 0 bridgehead atoms. The molecule has 1 unspecified atom stereocenters. The molecule has 17 heavy (non-hydrogen) atoms. The summed E-state index contributed by atoms with van der Waals surface area (Å²) in [6.45, 7) is 3.83. The van der Waals surface area contributed by atoms with Crippen molar-refractivity contribution in [2.45, 2.75) is 51.5 Å². The molecule has 1 fully saturated rings. The van der Waals surface area contributed by atoms with Crippen LogP contribution < -0.4 is 5.73 Å². The minimum Gasteiger partial charge on any atom is -0.321 e. The lowest BCUT2D eigenvalue weighted by molar-refractivity contribution is 0.224. The summed E-state index contributed by atoms with van der Waals surface area (Å²) in [7, 11) is 0. The molecule has 0 spiro atoms. The molecule has 0 amide bonds. The van der Waals surface area contributed by atoms with Gasteiger partial charge in [-0.25, -0.2) is 4.39 Å². The average molecular weight is 235 g/mol. The Kier molecular flexibility index (Phi) is 3.53. The lowest BCUT2D eigenvalue weighted by Gasteiger charge is -2.37. The fraction of sp³-hybridized carbons (Fsp3) is 0.600. The number of rotatable bonds is 2. The third kappa shape index (κ3) is 2.52. The van der Waals surface area contributed by atoms with Crippen LogP contribution in [-0.2, 0) is 5.54 Å². The van der Waals surface area contributed by atoms with E-state index >= 15 is 0 Å². The molecular weight excluding hydrogens is 213 g/mol. The van der Waals surface area contributed by atoms with Crippen LogP contribution in [0.3, 0.4) is 0 Å². The Balaban J connectivity index is 2.26. The maximum Gasteiger partial charge on any atom is 0.126 e. The van der Waals surface area contributed by atoms with Crippen molar-refractivity contribution in [3.05, 3.63) is 35.1 Å². The number of hydrogen-bond acceptors (Lipinski definition) is 1. The molecule has 1 saturated carbocycles. The molecule has 0 saturated heterocycles. The topological polar surface area (TPSA) is 26.0 Å². The molecule has 0 aromatic heterocycles. The van der Waals surface area contributed by atoms with Gasteiger partial charge in [-0.15, -0.1) is 0 Å². The van der Waals surface area contributed by atoms with Gasteiger partial charge in [-0.2, -0.15) is 0 Å². The van der Waals surface area contributed by atoms with Crippen LogP contribution in [0.5, 0.6) is 0 Å². The van der Waals surface area contributed by atoms with E-state index < -0.39 is 5.54 Å². The molecule has 2 heteroatoms. The highest BCUT2D eigenvalue weighted by atomic mass is 19.1. The summed E-state index contributed by atoms with van der Waals surface area (Å²) in [4.78, 5) is 0. The van der Waals surface area contributed by atoms with Gasteiger partial charge < -0.3 is 5.73 Å². The number of halogens is 1. The van der Waals surface area contributed by atoms with Gasteiger partial charge in [0, 0.05) is 5.54 Å². The summed E-state index contributed by atoms with van der Waals surface area (Å²) in [5, 5.41) is 0. The minimum atomic E-state index is -0.394. The molecule has 1 aliphatic carbocycles. The Labute approximate surface area is 103 Å². The number of hydrogen-bond donors (Lipinski definition) is 1. The van der Waals surface area contributed by atoms with E-state index in [1.54, 1.807) is 13.0 Å². The summed E-state index contributed by atoms with van der Waals surface area (Å²) >= 11 is 0. The highest BCUT2D eigenvalue weighted by molar-refractivity contribution is 5.29. The highest BCUT2D eigenvalue weighted by Gasteiger charge is 2.33. The second-order valence-electron chi connectivity index (χ2n) is 5.58. The van der Waals surface area contributed by atoms with Gasteiger partial charge in [0.25, 0.3) is 0 Å². The second kappa shape index (κ2) is 4.77. The van der Waals surface area contributed by atoms with E-state index in [-0.39, 0.29) is 5.82 Å². The SMILES string of the molecule is Cc1ccc(C(C)(N)C2CCCCC2)cc1F. The maximum absolute atomic E-state index is 13.6. The molecule has 0 radical (unpaired) electrons. The molecule has 2 rings (SSSR count). The Hall–Kier alpha value is -0.890. The van der Waals surface area contributed by atoms with E-state index in [2.05, 4.69) is 0 Å². The molecule has 0 aliphatic heterocycles. The summed E-state index contributed by atoms with van der Waals surface area (Å²) < 4.78 is 13.6. The molecular formula is C15H22FN. The van der Waals surface area contributed by atoms with Gasteiger partial charge in [0.15, 0.2) is 0 Å². The molecule has 1 atom stereocenters. The standard InChI is InChI=1S/C15H22FN/c1-11-8-9-13(10-14(11)16)15(2,17)12-6-4-3-5-7-12/h8-10,12H,3-7,17H2,1-2H3. The summed E-state index contributed by atoms with van der Waals surface area (Å²) in [6.07, 6.45) is 6.16. The van der Waals surface area contributed by atoms with E-state index in [1.165, 1.54) is 32.1 Å². The zero-order valence-electron chi connectivity index (χ0n) is 10.8. The van der Waals surface area contributed by atoms with Crippen LogP contribution in [0, 0.1) is 18.7 Å². The quantitative estimate of drug-likeness (QED) is 0.827. The van der Waals surface area contributed by atoms with E-state index in [1.807, 2.05) is 19.1 Å². The molecule has 1 aromatic rings. The fourth-order valence-corrected chi connectivity index (χ4v) is 2.87. The first kappa shape index (κ1) is 12.6. The molecule has 1 aliphatic rings. The third-order valence-corrected chi connectivity index (χ3v) is 4.25. The van der Waals surface area contributed by atoms with Gasteiger partial charge in [0.1, 0.15) is 5.82 Å². The fourth-order valence-electron chi connectivity index (χ4n) is 2.87. The zero-order chi connectivity index (χ0) is 12.5. The van der Waals surface area contributed by atoms with Crippen molar-refractivity contribution in [3.63, 3.8) is 0 Å². The van der Waals surface area contributed by atoms with Crippen molar-refractivity contribution in [2.75, 3.05) is 0 Å². The van der Waals surface area contributed by atoms with E-state index in [9.17, 15) is 4.39 Å². The van der Waals surface area contributed by atoms with Crippen molar-refractivity contribution in [3.8, 4) is 0 Å². The smallest absolute Gasteiger partial charge is 0.126 e. The van der Waals surface area contributed by atoms with Gasteiger partial charge >= 0.3 is 0 Å². The molecule has 0 heterocycles. The molecule has 94 valence electrons. The van der Waals surface area contributed by atoms with Crippen LogP contribution >= 0.6 is 0 Å². The predicted octanol–water partition coefficient (Wildman–Crippen LogP) is 3.89. The maximum atomic E-state index is 13.6. The van der Waals surface area contributed by atoms with Crippen LogP contribution in [0.4, 0.5) is 4.39 Å². The molecule has 2 N–H and O–H groups in total. The van der Waals surface area contributed by atoms with Crippen molar-refractivity contribution in [1.29, 1.82) is 0 Å². The van der Waals surface area contributed by atoms with Crippen LogP contribution in [0.1, 0.15) is 50.2 Å². The monoisotopic (exact) mass is 235 g/mol. The first-order chi connectivity index (χ1) is 8.01. The van der Waals surface area contributed by atoms with Gasteiger partial charge in [0.05, 0.1) is 0 Å². The van der Waals surface area contributed by atoms with Crippen molar-refractivity contribution in [1.82, 2.24) is 0 Å². The first-order valence-electron chi connectivity index (χ1n) is 6.57. The molecule has 1 nitrogen and oxygen atoms in total. The van der Waals surface area contributed by atoms with Crippen molar-refractivity contribution >= 4 is 0 Å². The van der Waals surface area contributed by atoms with Gasteiger partial charge in [-0.1, -0.05) is 31.4 Å². The Morgan fingerprint density at radius 2 is 1.88 bits per heavy atom. The largest absolute Gasteiger partial charge is 0.321 e. The summed E-state index contributed by atoms with van der Waals surface area (Å²) in [5.41, 5.74) is 7.70. The minimum absolute atomic E-state index is 0.144. The number of aryl methyl sites for hydroxylation is 1. The van der Waals surface area contributed by atoms with Crippen molar-refractivity contribution < 1.29 is 4.39 Å². The van der Waals surface area contributed by atoms with Crippen LogP contribution in [0.25, 0.3) is 0 Å². The third-order valence-electron chi connectivity index (χ3n) is 4.25. The Morgan fingerprint density at radius 1 is 1.24 bits per heavy atom.